The Morgan fingerprint density at radius 3 is 2.60 bits per heavy atom. The molecule has 1 saturated heterocycles. The van der Waals surface area contributed by atoms with Gasteiger partial charge in [-0.25, -0.2) is 0 Å². The molecule has 0 aliphatic carbocycles. The smallest absolute Gasteiger partial charge is 0.236 e. The van der Waals surface area contributed by atoms with E-state index in [9.17, 15) is 4.79 Å². The summed E-state index contributed by atoms with van der Waals surface area (Å²) in [5, 5.41) is 3.24. The van der Waals surface area contributed by atoms with E-state index in [1.54, 1.807) is 6.26 Å². The Hall–Kier alpha value is -2.27. The Bertz CT molecular complexity index is 704. The van der Waals surface area contributed by atoms with Crippen molar-refractivity contribution < 1.29 is 9.21 Å². The summed E-state index contributed by atoms with van der Waals surface area (Å²) in [7, 11) is 0. The number of anilines is 1. The zero-order chi connectivity index (χ0) is 17.8. The molecule has 1 amide bonds. The molecule has 0 unspecified atom stereocenters. The van der Waals surface area contributed by atoms with Crippen molar-refractivity contribution in [2.24, 2.45) is 0 Å². The molecule has 1 aromatic carbocycles. The van der Waals surface area contributed by atoms with Crippen LogP contribution in [0.15, 0.2) is 41.0 Å². The number of carbonyl (C=O) groups is 1. The van der Waals surface area contributed by atoms with Gasteiger partial charge in [-0.15, -0.1) is 0 Å². The Morgan fingerprint density at radius 1 is 1.16 bits per heavy atom. The summed E-state index contributed by atoms with van der Waals surface area (Å²) in [5.41, 5.74) is 3.93. The van der Waals surface area contributed by atoms with Gasteiger partial charge in [-0.05, 0) is 50.1 Å². The van der Waals surface area contributed by atoms with Gasteiger partial charge < -0.3 is 14.2 Å². The van der Waals surface area contributed by atoms with Gasteiger partial charge in [0.05, 0.1) is 18.8 Å². The Kier molecular flexibility index (Phi) is 5.43. The Balaban J connectivity index is 1.50. The highest BCUT2D eigenvalue weighted by Gasteiger charge is 2.22. The highest BCUT2D eigenvalue weighted by atomic mass is 16.3. The van der Waals surface area contributed by atoms with Gasteiger partial charge in [0.25, 0.3) is 0 Å². The monoisotopic (exact) mass is 341 g/mol. The van der Waals surface area contributed by atoms with Gasteiger partial charge in [0, 0.05) is 31.9 Å². The number of nitrogens with one attached hydrogen (secondary N) is 1. The molecule has 1 aliphatic heterocycles. The number of benzene rings is 1. The topological polar surface area (TPSA) is 48.7 Å². The number of aryl methyl sites for hydroxylation is 1. The number of amides is 1. The van der Waals surface area contributed by atoms with E-state index >= 15 is 0 Å². The minimum absolute atomic E-state index is 0.0372. The lowest BCUT2D eigenvalue weighted by Crippen LogP contribution is -2.51. The molecule has 5 heteroatoms. The quantitative estimate of drug-likeness (QED) is 0.908. The van der Waals surface area contributed by atoms with Crippen molar-refractivity contribution in [1.29, 1.82) is 0 Å². The first-order valence-electron chi connectivity index (χ1n) is 8.92. The molecule has 1 atom stereocenters. The van der Waals surface area contributed by atoms with Crippen molar-refractivity contribution in [2.75, 3.05) is 37.6 Å². The molecule has 1 fully saturated rings. The van der Waals surface area contributed by atoms with Crippen molar-refractivity contribution in [2.45, 2.75) is 26.8 Å². The van der Waals surface area contributed by atoms with E-state index in [4.69, 9.17) is 4.42 Å². The molecule has 2 aromatic rings. The summed E-state index contributed by atoms with van der Waals surface area (Å²) in [4.78, 5) is 16.8. The van der Waals surface area contributed by atoms with Crippen LogP contribution in [0.1, 0.15) is 29.9 Å². The number of hydrogen-bond acceptors (Lipinski definition) is 4. The van der Waals surface area contributed by atoms with Gasteiger partial charge >= 0.3 is 0 Å². The van der Waals surface area contributed by atoms with Crippen LogP contribution in [-0.2, 0) is 4.79 Å². The van der Waals surface area contributed by atoms with Gasteiger partial charge in [0.15, 0.2) is 0 Å². The van der Waals surface area contributed by atoms with E-state index in [-0.39, 0.29) is 11.9 Å². The molecule has 2 heterocycles. The second kappa shape index (κ2) is 7.74. The maximum absolute atomic E-state index is 12.5. The minimum Gasteiger partial charge on any atom is -0.468 e. The second-order valence-electron chi connectivity index (χ2n) is 6.70. The molecule has 1 N–H and O–H groups in total. The van der Waals surface area contributed by atoms with E-state index in [2.05, 4.69) is 42.3 Å². The fraction of sp³-hybridized carbons (Fsp3) is 0.450. The molecular weight excluding hydrogens is 314 g/mol. The summed E-state index contributed by atoms with van der Waals surface area (Å²) in [5.74, 6) is 1.01. The molecule has 3 rings (SSSR count). The molecule has 0 bridgehead atoms. The molecule has 25 heavy (non-hydrogen) atoms. The molecule has 1 aromatic heterocycles. The third-order valence-electron chi connectivity index (χ3n) is 5.08. The molecule has 1 aliphatic rings. The molecule has 134 valence electrons. The molecule has 0 radical (unpaired) electrons. The fourth-order valence-electron chi connectivity index (χ4n) is 3.27. The average Bonchev–Trinajstić information content (AvgIpc) is 3.17. The van der Waals surface area contributed by atoms with Crippen molar-refractivity contribution in [3.8, 4) is 0 Å². The SMILES string of the molecule is Cc1cccc(N2CCN(C(=O)CN[C@@H](C)c3ccco3)CC2)c1C. The van der Waals surface area contributed by atoms with Crippen LogP contribution in [0.5, 0.6) is 0 Å². The predicted molar refractivity (Wildman–Crippen MR) is 99.8 cm³/mol. The number of carbonyl (C=O) groups excluding carboxylic acids is 1. The fourth-order valence-corrected chi connectivity index (χ4v) is 3.27. The second-order valence-corrected chi connectivity index (χ2v) is 6.70. The number of rotatable bonds is 5. The number of nitrogens with zero attached hydrogens (tertiary/aromatic N) is 2. The van der Waals surface area contributed by atoms with Crippen molar-refractivity contribution >= 4 is 11.6 Å². The average molecular weight is 341 g/mol. The zero-order valence-electron chi connectivity index (χ0n) is 15.3. The standard InChI is InChI=1S/C20H27N3O2/c1-15-6-4-7-18(16(15)2)22-9-11-23(12-10-22)20(24)14-21-17(3)19-8-5-13-25-19/h4-8,13,17,21H,9-12,14H2,1-3H3/t17-/m0/s1. The van der Waals surface area contributed by atoms with E-state index in [0.717, 1.165) is 31.9 Å². The van der Waals surface area contributed by atoms with E-state index in [1.807, 2.05) is 24.0 Å². The summed E-state index contributed by atoms with van der Waals surface area (Å²) >= 11 is 0. The number of hydrogen-bond donors (Lipinski definition) is 1. The summed E-state index contributed by atoms with van der Waals surface area (Å²) in [6, 6.07) is 10.2. The van der Waals surface area contributed by atoms with Gasteiger partial charge in [-0.1, -0.05) is 12.1 Å². The first kappa shape index (κ1) is 17.5. The lowest BCUT2D eigenvalue weighted by molar-refractivity contribution is -0.130. The Morgan fingerprint density at radius 2 is 1.92 bits per heavy atom. The largest absolute Gasteiger partial charge is 0.468 e. The van der Waals surface area contributed by atoms with E-state index in [1.165, 1.54) is 16.8 Å². The zero-order valence-corrected chi connectivity index (χ0v) is 15.3. The van der Waals surface area contributed by atoms with Gasteiger partial charge in [0.2, 0.25) is 5.91 Å². The van der Waals surface area contributed by atoms with Crippen LogP contribution in [0.3, 0.4) is 0 Å². The van der Waals surface area contributed by atoms with Crippen LogP contribution >= 0.6 is 0 Å². The highest BCUT2D eigenvalue weighted by Crippen LogP contribution is 2.23. The maximum atomic E-state index is 12.5. The summed E-state index contributed by atoms with van der Waals surface area (Å²) in [6.45, 7) is 9.95. The van der Waals surface area contributed by atoms with Crippen molar-refractivity contribution in [3.63, 3.8) is 0 Å². The van der Waals surface area contributed by atoms with Crippen LogP contribution in [0.2, 0.25) is 0 Å². The van der Waals surface area contributed by atoms with Crippen molar-refractivity contribution in [1.82, 2.24) is 10.2 Å². The summed E-state index contributed by atoms with van der Waals surface area (Å²) < 4.78 is 5.36. The van der Waals surface area contributed by atoms with Crippen LogP contribution in [-0.4, -0.2) is 43.5 Å². The third kappa shape index (κ3) is 4.04. The first-order chi connectivity index (χ1) is 12.1. The highest BCUT2D eigenvalue weighted by molar-refractivity contribution is 5.78. The van der Waals surface area contributed by atoms with Crippen molar-refractivity contribution in [3.05, 3.63) is 53.5 Å². The van der Waals surface area contributed by atoms with E-state index < -0.39 is 0 Å². The normalized spacial score (nSPS) is 16.1. The van der Waals surface area contributed by atoms with Crippen LogP contribution in [0, 0.1) is 13.8 Å². The van der Waals surface area contributed by atoms with Gasteiger partial charge in [-0.2, -0.15) is 0 Å². The minimum atomic E-state index is 0.0372. The van der Waals surface area contributed by atoms with Crippen LogP contribution in [0.25, 0.3) is 0 Å². The first-order valence-corrected chi connectivity index (χ1v) is 8.92. The Labute approximate surface area is 149 Å². The lowest BCUT2D eigenvalue weighted by Gasteiger charge is -2.37. The molecule has 0 saturated carbocycles. The maximum Gasteiger partial charge on any atom is 0.236 e. The van der Waals surface area contributed by atoms with Crippen LogP contribution in [0.4, 0.5) is 5.69 Å². The lowest BCUT2D eigenvalue weighted by atomic mass is 10.1. The molecule has 5 nitrogen and oxygen atoms in total. The van der Waals surface area contributed by atoms with Gasteiger partial charge in [-0.3, -0.25) is 10.1 Å². The van der Waals surface area contributed by atoms with E-state index in [0.29, 0.717) is 6.54 Å². The van der Waals surface area contributed by atoms with Gasteiger partial charge in [0.1, 0.15) is 5.76 Å². The number of furan rings is 1. The van der Waals surface area contributed by atoms with Crippen LogP contribution < -0.4 is 10.2 Å². The third-order valence-corrected chi connectivity index (χ3v) is 5.08. The summed E-state index contributed by atoms with van der Waals surface area (Å²) in [6.07, 6.45) is 1.65. The molecule has 0 spiro atoms. The molecular formula is C20H27N3O2. The predicted octanol–water partition coefficient (Wildman–Crippen LogP) is 2.90. The number of piperazine rings is 1.